The van der Waals surface area contributed by atoms with Gasteiger partial charge in [0.05, 0.1) is 23.7 Å². The third-order valence-electron chi connectivity index (χ3n) is 5.10. The van der Waals surface area contributed by atoms with Gasteiger partial charge in [-0.05, 0) is 32.3 Å². The van der Waals surface area contributed by atoms with Crippen LogP contribution in [0.4, 0.5) is 0 Å². The first-order chi connectivity index (χ1) is 13.8. The Morgan fingerprint density at radius 3 is 2.17 bits per heavy atom. The zero-order chi connectivity index (χ0) is 21.6. The predicted molar refractivity (Wildman–Crippen MR) is 110 cm³/mol. The van der Waals surface area contributed by atoms with Crippen LogP contribution in [0.25, 0.3) is 0 Å². The highest BCUT2D eigenvalue weighted by Crippen LogP contribution is 2.28. The maximum Gasteiger partial charge on any atom is 0.340 e. The molecule has 2 atom stereocenters. The number of aromatic nitrogens is 1. The summed E-state index contributed by atoms with van der Waals surface area (Å²) < 4.78 is 10.5. The summed E-state index contributed by atoms with van der Waals surface area (Å²) in [5, 5.41) is 0. The lowest BCUT2D eigenvalue weighted by Gasteiger charge is -2.21. The molecule has 0 aliphatic rings. The average Bonchev–Trinajstić information content (AvgIpc) is 3.01. The fraction of sp³-hybridized carbons (Fsp3) is 0.435. The average molecular weight is 399 g/mol. The lowest BCUT2D eigenvalue weighted by atomic mass is 9.85. The van der Waals surface area contributed by atoms with Gasteiger partial charge in [-0.25, -0.2) is 4.79 Å². The smallest absolute Gasteiger partial charge is 0.340 e. The topological polar surface area (TPSA) is 85.5 Å². The number of carbonyl (C=O) groups is 3. The largest absolute Gasteiger partial charge is 0.462 e. The minimum absolute atomic E-state index is 0.0614. The molecule has 6 heteroatoms. The second-order valence-electron chi connectivity index (χ2n) is 7.15. The Kier molecular flexibility index (Phi) is 7.76. The Morgan fingerprint density at radius 1 is 0.966 bits per heavy atom. The number of carbonyl (C=O) groups excluding carboxylic acids is 3. The number of hydrogen-bond acceptors (Lipinski definition) is 5. The number of hydrogen-bond donors (Lipinski definition) is 1. The maximum absolute atomic E-state index is 12.8. The molecular formula is C23H29NO5. The summed E-state index contributed by atoms with van der Waals surface area (Å²) in [6, 6.07) is 9.41. The van der Waals surface area contributed by atoms with Gasteiger partial charge in [0.15, 0.2) is 6.61 Å². The number of esters is 2. The molecule has 0 aliphatic carbocycles. The van der Waals surface area contributed by atoms with Crippen molar-refractivity contribution in [2.75, 3.05) is 13.2 Å². The van der Waals surface area contributed by atoms with Crippen LogP contribution in [0.1, 0.15) is 70.8 Å². The lowest BCUT2D eigenvalue weighted by molar-refractivity contribution is -0.145. The number of aryl methyl sites for hydroxylation is 2. The Bertz CT molecular complexity index is 869. The Labute approximate surface area is 171 Å². The van der Waals surface area contributed by atoms with Crippen molar-refractivity contribution in [3.8, 4) is 0 Å². The fourth-order valence-electron chi connectivity index (χ4n) is 3.48. The maximum atomic E-state index is 12.8. The van der Waals surface area contributed by atoms with Crippen LogP contribution >= 0.6 is 0 Å². The van der Waals surface area contributed by atoms with Gasteiger partial charge in [-0.2, -0.15) is 0 Å². The zero-order valence-electron chi connectivity index (χ0n) is 17.7. The van der Waals surface area contributed by atoms with Crippen molar-refractivity contribution < 1.29 is 23.9 Å². The van der Waals surface area contributed by atoms with Crippen LogP contribution in [-0.2, 0) is 14.3 Å². The van der Waals surface area contributed by atoms with Gasteiger partial charge in [0, 0.05) is 11.4 Å². The van der Waals surface area contributed by atoms with Crippen molar-refractivity contribution in [3.63, 3.8) is 0 Å². The van der Waals surface area contributed by atoms with Crippen LogP contribution in [0.3, 0.4) is 0 Å². The van der Waals surface area contributed by atoms with Gasteiger partial charge in [-0.3, -0.25) is 9.59 Å². The zero-order valence-corrected chi connectivity index (χ0v) is 17.7. The van der Waals surface area contributed by atoms with Gasteiger partial charge >= 0.3 is 11.9 Å². The molecule has 6 nitrogen and oxygen atoms in total. The van der Waals surface area contributed by atoms with Gasteiger partial charge in [0.1, 0.15) is 0 Å². The summed E-state index contributed by atoms with van der Waals surface area (Å²) >= 11 is 0. The van der Waals surface area contributed by atoms with Crippen molar-refractivity contribution in [1.29, 1.82) is 0 Å². The van der Waals surface area contributed by atoms with E-state index in [0.717, 1.165) is 12.0 Å². The molecule has 0 saturated carbocycles. The van der Waals surface area contributed by atoms with E-state index in [0.29, 0.717) is 11.4 Å². The molecule has 1 N–H and O–H groups in total. The van der Waals surface area contributed by atoms with E-state index in [1.807, 2.05) is 44.2 Å². The highest BCUT2D eigenvalue weighted by molar-refractivity contribution is 6.09. The van der Waals surface area contributed by atoms with Gasteiger partial charge in [-0.1, -0.05) is 50.6 Å². The van der Waals surface area contributed by atoms with E-state index in [4.69, 9.17) is 9.47 Å². The van der Waals surface area contributed by atoms with Crippen molar-refractivity contribution in [2.45, 2.75) is 47.0 Å². The third-order valence-corrected chi connectivity index (χ3v) is 5.10. The van der Waals surface area contributed by atoms with Crippen molar-refractivity contribution in [2.24, 2.45) is 5.92 Å². The molecule has 1 aromatic carbocycles. The third kappa shape index (κ3) is 5.13. The quantitative estimate of drug-likeness (QED) is 0.500. The lowest BCUT2D eigenvalue weighted by Crippen LogP contribution is -2.25. The van der Waals surface area contributed by atoms with Gasteiger partial charge in [0.25, 0.3) is 0 Å². The van der Waals surface area contributed by atoms with Crippen LogP contribution in [0.5, 0.6) is 0 Å². The fourth-order valence-corrected chi connectivity index (χ4v) is 3.48. The van der Waals surface area contributed by atoms with Crippen molar-refractivity contribution in [3.05, 3.63) is 58.4 Å². The standard InChI is InChI=1S/C23H29NO5/c1-6-14(3)19(17-11-9-8-10-12-17)22(26)29-13-18(25)20-15(4)24-16(5)21(20)23(27)28-7-2/h8-12,14,19,24H,6-7,13H2,1-5H3/t14-,19-/m1/s1. The molecule has 0 bridgehead atoms. The van der Waals surface area contributed by atoms with E-state index in [1.165, 1.54) is 0 Å². The van der Waals surface area contributed by atoms with Crippen molar-refractivity contribution >= 4 is 17.7 Å². The molecule has 2 aromatic rings. The van der Waals surface area contributed by atoms with Crippen LogP contribution in [0.2, 0.25) is 0 Å². The van der Waals surface area contributed by atoms with Gasteiger partial charge in [0.2, 0.25) is 5.78 Å². The number of rotatable bonds is 9. The highest BCUT2D eigenvalue weighted by Gasteiger charge is 2.30. The van der Waals surface area contributed by atoms with E-state index in [9.17, 15) is 14.4 Å². The van der Waals surface area contributed by atoms with E-state index in [2.05, 4.69) is 4.98 Å². The highest BCUT2D eigenvalue weighted by atomic mass is 16.5. The van der Waals surface area contributed by atoms with E-state index < -0.39 is 30.2 Å². The van der Waals surface area contributed by atoms with Crippen LogP contribution in [-0.4, -0.2) is 35.9 Å². The molecule has 29 heavy (non-hydrogen) atoms. The second-order valence-corrected chi connectivity index (χ2v) is 7.15. The molecular weight excluding hydrogens is 370 g/mol. The first kappa shape index (κ1) is 22.4. The second kappa shape index (κ2) is 10.0. The molecule has 0 radical (unpaired) electrons. The molecule has 0 amide bonds. The first-order valence-electron chi connectivity index (χ1n) is 9.92. The Morgan fingerprint density at radius 2 is 1.59 bits per heavy atom. The first-order valence-corrected chi connectivity index (χ1v) is 9.92. The number of nitrogens with one attached hydrogen (secondary N) is 1. The molecule has 1 heterocycles. The number of aromatic amines is 1. The molecule has 156 valence electrons. The molecule has 1 aromatic heterocycles. The SMILES string of the molecule is CCOC(=O)c1c(C)[nH]c(C)c1C(=O)COC(=O)[C@@H](c1ccccc1)[C@H](C)CC. The summed E-state index contributed by atoms with van der Waals surface area (Å²) in [7, 11) is 0. The summed E-state index contributed by atoms with van der Waals surface area (Å²) in [5.74, 6) is -1.83. The van der Waals surface area contributed by atoms with Crippen LogP contribution in [0, 0.1) is 19.8 Å². The summed E-state index contributed by atoms with van der Waals surface area (Å²) in [6.45, 7) is 8.89. The molecule has 0 fully saturated rings. The van der Waals surface area contributed by atoms with Gasteiger partial charge < -0.3 is 14.5 Å². The predicted octanol–water partition coefficient (Wildman–Crippen LogP) is 4.36. The van der Waals surface area contributed by atoms with Crippen molar-refractivity contribution in [1.82, 2.24) is 4.98 Å². The molecule has 0 saturated heterocycles. The normalized spacial score (nSPS) is 12.9. The number of benzene rings is 1. The number of ketones is 1. The summed E-state index contributed by atoms with van der Waals surface area (Å²) in [4.78, 5) is 40.9. The minimum atomic E-state index is -0.564. The molecule has 0 spiro atoms. The monoisotopic (exact) mass is 399 g/mol. The minimum Gasteiger partial charge on any atom is -0.462 e. The number of H-pyrrole nitrogens is 1. The van der Waals surface area contributed by atoms with E-state index in [-0.39, 0.29) is 23.7 Å². The summed E-state index contributed by atoms with van der Waals surface area (Å²) in [6.07, 6.45) is 0.797. The van der Waals surface area contributed by atoms with Gasteiger partial charge in [-0.15, -0.1) is 0 Å². The Hall–Kier alpha value is -2.89. The van der Waals surface area contributed by atoms with Crippen LogP contribution in [0.15, 0.2) is 30.3 Å². The Balaban J connectivity index is 2.20. The van der Waals surface area contributed by atoms with Crippen LogP contribution < -0.4 is 0 Å². The van der Waals surface area contributed by atoms with E-state index in [1.54, 1.807) is 20.8 Å². The molecule has 2 rings (SSSR count). The van der Waals surface area contributed by atoms with E-state index >= 15 is 0 Å². The number of Topliss-reactive ketones (excluding diaryl/α,β-unsaturated/α-hetero) is 1. The molecule has 0 unspecified atom stereocenters. The number of ether oxygens (including phenoxy) is 2. The molecule has 0 aliphatic heterocycles. The summed E-state index contributed by atoms with van der Waals surface area (Å²) in [5.41, 5.74) is 2.38.